The van der Waals surface area contributed by atoms with Crippen LogP contribution >= 0.6 is 11.3 Å². The first-order valence-electron chi connectivity index (χ1n) is 4.95. The van der Waals surface area contributed by atoms with Crippen LogP contribution in [0.4, 0.5) is 5.13 Å². The standard InChI is InChI=1S/C11H18N2OS/c1-7-8(2)15-10(12-7)13(6)9(14)11(3,4)5/h1-6H3. The zero-order valence-electron chi connectivity index (χ0n) is 10.2. The highest BCUT2D eigenvalue weighted by atomic mass is 32.1. The minimum absolute atomic E-state index is 0.0938. The van der Waals surface area contributed by atoms with Crippen LogP contribution in [0.2, 0.25) is 0 Å². The van der Waals surface area contributed by atoms with Crippen molar-refractivity contribution >= 4 is 22.4 Å². The average molecular weight is 226 g/mol. The fraction of sp³-hybridized carbons (Fsp3) is 0.636. The lowest BCUT2D eigenvalue weighted by Gasteiger charge is -2.23. The van der Waals surface area contributed by atoms with Gasteiger partial charge in [0.1, 0.15) is 0 Å². The number of thiazole rings is 1. The third-order valence-electron chi connectivity index (χ3n) is 2.25. The molecule has 0 spiro atoms. The van der Waals surface area contributed by atoms with Crippen LogP contribution in [0.1, 0.15) is 31.3 Å². The van der Waals surface area contributed by atoms with Gasteiger partial charge in [-0.3, -0.25) is 9.69 Å². The molecular weight excluding hydrogens is 208 g/mol. The molecule has 0 aliphatic heterocycles. The number of aryl methyl sites for hydroxylation is 2. The van der Waals surface area contributed by atoms with Crippen molar-refractivity contribution in [3.63, 3.8) is 0 Å². The summed E-state index contributed by atoms with van der Waals surface area (Å²) in [6.45, 7) is 9.73. The summed E-state index contributed by atoms with van der Waals surface area (Å²) >= 11 is 1.56. The van der Waals surface area contributed by atoms with Crippen molar-refractivity contribution in [1.82, 2.24) is 4.98 Å². The Morgan fingerprint density at radius 1 is 1.33 bits per heavy atom. The van der Waals surface area contributed by atoms with E-state index in [9.17, 15) is 4.79 Å². The van der Waals surface area contributed by atoms with E-state index in [1.807, 2.05) is 34.6 Å². The Labute approximate surface area is 95.1 Å². The molecule has 0 radical (unpaired) electrons. The summed E-state index contributed by atoms with van der Waals surface area (Å²) in [5.41, 5.74) is 0.644. The van der Waals surface area contributed by atoms with Crippen molar-refractivity contribution in [1.29, 1.82) is 0 Å². The largest absolute Gasteiger partial charge is 0.291 e. The first-order valence-corrected chi connectivity index (χ1v) is 5.77. The summed E-state index contributed by atoms with van der Waals surface area (Å²) in [7, 11) is 1.78. The van der Waals surface area contributed by atoms with Crippen LogP contribution in [0, 0.1) is 19.3 Å². The number of amides is 1. The molecular formula is C11H18N2OS. The van der Waals surface area contributed by atoms with Crippen LogP contribution in [0.3, 0.4) is 0 Å². The van der Waals surface area contributed by atoms with Gasteiger partial charge in [-0.25, -0.2) is 4.98 Å². The molecule has 0 N–H and O–H groups in total. The third kappa shape index (κ3) is 2.56. The second-order valence-electron chi connectivity index (χ2n) is 4.75. The van der Waals surface area contributed by atoms with E-state index in [0.29, 0.717) is 0 Å². The fourth-order valence-electron chi connectivity index (χ4n) is 1.19. The van der Waals surface area contributed by atoms with Crippen LogP contribution in [0.25, 0.3) is 0 Å². The molecule has 1 rings (SSSR count). The summed E-state index contributed by atoms with van der Waals surface area (Å²) in [6, 6.07) is 0. The first kappa shape index (κ1) is 12.2. The molecule has 1 heterocycles. The Morgan fingerprint density at radius 3 is 2.20 bits per heavy atom. The molecule has 0 fully saturated rings. The number of rotatable bonds is 1. The minimum Gasteiger partial charge on any atom is -0.291 e. The van der Waals surface area contributed by atoms with Crippen LogP contribution in [0.15, 0.2) is 0 Å². The third-order valence-corrected chi connectivity index (χ3v) is 3.40. The highest BCUT2D eigenvalue weighted by molar-refractivity contribution is 7.15. The second-order valence-corrected chi connectivity index (χ2v) is 5.93. The van der Waals surface area contributed by atoms with Gasteiger partial charge in [-0.2, -0.15) is 0 Å². The van der Waals surface area contributed by atoms with Gasteiger partial charge in [0.25, 0.3) is 0 Å². The summed E-state index contributed by atoms with van der Waals surface area (Å²) in [6.07, 6.45) is 0. The van der Waals surface area contributed by atoms with Gasteiger partial charge in [-0.05, 0) is 13.8 Å². The lowest BCUT2D eigenvalue weighted by molar-refractivity contribution is -0.125. The Bertz CT molecular complexity index is 357. The molecule has 0 unspecified atom stereocenters. The maximum atomic E-state index is 12.0. The zero-order valence-corrected chi connectivity index (χ0v) is 11.0. The van der Waals surface area contributed by atoms with E-state index in [1.54, 1.807) is 23.3 Å². The van der Waals surface area contributed by atoms with Gasteiger partial charge in [0.05, 0.1) is 5.69 Å². The quantitative estimate of drug-likeness (QED) is 0.737. The molecule has 15 heavy (non-hydrogen) atoms. The number of aromatic nitrogens is 1. The Morgan fingerprint density at radius 2 is 1.87 bits per heavy atom. The van der Waals surface area contributed by atoms with E-state index in [1.165, 1.54) is 4.88 Å². The molecule has 0 aromatic carbocycles. The number of anilines is 1. The maximum Gasteiger partial charge on any atom is 0.233 e. The minimum atomic E-state index is -0.359. The van der Waals surface area contributed by atoms with Crippen molar-refractivity contribution in [2.45, 2.75) is 34.6 Å². The molecule has 1 aromatic rings. The SMILES string of the molecule is Cc1nc(N(C)C(=O)C(C)(C)C)sc1C. The van der Waals surface area contributed by atoms with Crippen molar-refractivity contribution in [2.24, 2.45) is 5.41 Å². The average Bonchev–Trinajstić information content (AvgIpc) is 2.43. The smallest absolute Gasteiger partial charge is 0.233 e. The van der Waals surface area contributed by atoms with E-state index in [0.717, 1.165) is 10.8 Å². The van der Waals surface area contributed by atoms with Gasteiger partial charge in [-0.15, -0.1) is 11.3 Å². The van der Waals surface area contributed by atoms with E-state index < -0.39 is 0 Å². The monoisotopic (exact) mass is 226 g/mol. The Balaban J connectivity index is 2.95. The molecule has 0 atom stereocenters. The van der Waals surface area contributed by atoms with Crippen LogP contribution in [-0.2, 0) is 4.79 Å². The van der Waals surface area contributed by atoms with E-state index in [2.05, 4.69) is 4.98 Å². The molecule has 1 amide bonds. The van der Waals surface area contributed by atoms with Crippen LogP contribution < -0.4 is 4.90 Å². The van der Waals surface area contributed by atoms with Crippen molar-refractivity contribution in [3.05, 3.63) is 10.6 Å². The normalized spacial score (nSPS) is 11.6. The molecule has 84 valence electrons. The summed E-state index contributed by atoms with van der Waals surface area (Å²) in [4.78, 5) is 19.2. The highest BCUT2D eigenvalue weighted by Gasteiger charge is 2.27. The number of hydrogen-bond acceptors (Lipinski definition) is 3. The fourth-order valence-corrected chi connectivity index (χ4v) is 2.06. The lowest BCUT2D eigenvalue weighted by atomic mass is 9.95. The van der Waals surface area contributed by atoms with Gasteiger partial charge in [0.2, 0.25) is 5.91 Å². The number of nitrogens with zero attached hydrogens (tertiary/aromatic N) is 2. The molecule has 4 heteroatoms. The van der Waals surface area contributed by atoms with Gasteiger partial charge in [-0.1, -0.05) is 20.8 Å². The summed E-state index contributed by atoms with van der Waals surface area (Å²) < 4.78 is 0. The molecule has 3 nitrogen and oxygen atoms in total. The van der Waals surface area contributed by atoms with Crippen molar-refractivity contribution in [2.75, 3.05) is 11.9 Å². The van der Waals surface area contributed by atoms with E-state index in [4.69, 9.17) is 0 Å². The second kappa shape index (κ2) is 3.93. The predicted molar refractivity (Wildman–Crippen MR) is 64.5 cm³/mol. The molecule has 0 saturated carbocycles. The molecule has 1 aromatic heterocycles. The lowest BCUT2D eigenvalue weighted by Crippen LogP contribution is -2.36. The van der Waals surface area contributed by atoms with Crippen molar-refractivity contribution < 1.29 is 4.79 Å². The molecule has 0 aliphatic rings. The van der Waals surface area contributed by atoms with Gasteiger partial charge < -0.3 is 0 Å². The number of carbonyl (C=O) groups excluding carboxylic acids is 1. The van der Waals surface area contributed by atoms with Gasteiger partial charge in [0, 0.05) is 17.3 Å². The Hall–Kier alpha value is -0.900. The van der Waals surface area contributed by atoms with Crippen LogP contribution in [-0.4, -0.2) is 17.9 Å². The predicted octanol–water partition coefficient (Wildman–Crippen LogP) is 2.77. The summed E-state index contributed by atoms with van der Waals surface area (Å²) in [5, 5.41) is 0.782. The highest BCUT2D eigenvalue weighted by Crippen LogP contribution is 2.27. The Kier molecular flexibility index (Phi) is 3.19. The maximum absolute atomic E-state index is 12.0. The van der Waals surface area contributed by atoms with Crippen molar-refractivity contribution in [3.8, 4) is 0 Å². The topological polar surface area (TPSA) is 33.2 Å². The van der Waals surface area contributed by atoms with E-state index in [-0.39, 0.29) is 11.3 Å². The van der Waals surface area contributed by atoms with Gasteiger partial charge >= 0.3 is 0 Å². The van der Waals surface area contributed by atoms with Crippen LogP contribution in [0.5, 0.6) is 0 Å². The molecule has 0 saturated heterocycles. The molecule has 0 aliphatic carbocycles. The van der Waals surface area contributed by atoms with Gasteiger partial charge in [0.15, 0.2) is 5.13 Å². The molecule has 0 bridgehead atoms. The number of hydrogen-bond donors (Lipinski definition) is 0. The summed E-state index contributed by atoms with van der Waals surface area (Å²) in [5.74, 6) is 0.0938. The zero-order chi connectivity index (χ0) is 11.8. The number of carbonyl (C=O) groups is 1. The van der Waals surface area contributed by atoms with E-state index >= 15 is 0 Å². The first-order chi connectivity index (χ1) is 6.73.